The van der Waals surface area contributed by atoms with Crippen molar-refractivity contribution in [3.63, 3.8) is 0 Å². The molecule has 0 bridgehead atoms. The number of hydrogen-bond acceptors (Lipinski definition) is 6. The Labute approximate surface area is 235 Å². The average molecular weight is 562 g/mol. The maximum Gasteiger partial charge on any atom is 0.268 e. The van der Waals surface area contributed by atoms with Gasteiger partial charge in [-0.05, 0) is 40.8 Å². The summed E-state index contributed by atoms with van der Waals surface area (Å²) in [7, 11) is -3.87. The van der Waals surface area contributed by atoms with Crippen LogP contribution in [0.3, 0.4) is 0 Å². The molecule has 4 aromatic rings. The summed E-state index contributed by atoms with van der Waals surface area (Å²) in [5.41, 5.74) is 3.90. The van der Waals surface area contributed by atoms with E-state index in [9.17, 15) is 13.2 Å². The molecule has 40 heavy (non-hydrogen) atoms. The molecule has 1 fully saturated rings. The topological polar surface area (TPSA) is 116 Å². The van der Waals surface area contributed by atoms with Crippen molar-refractivity contribution in [2.75, 3.05) is 44.1 Å². The van der Waals surface area contributed by atoms with E-state index in [4.69, 9.17) is 4.74 Å². The van der Waals surface area contributed by atoms with Crippen molar-refractivity contribution in [1.29, 1.82) is 0 Å². The maximum atomic E-state index is 13.3. The summed E-state index contributed by atoms with van der Waals surface area (Å²) in [6, 6.07) is 19.7. The number of anilines is 1. The second-order valence-electron chi connectivity index (χ2n) is 10.9. The van der Waals surface area contributed by atoms with Crippen molar-refractivity contribution >= 4 is 32.8 Å². The quantitative estimate of drug-likeness (QED) is 0.294. The lowest BCUT2D eigenvalue weighted by Crippen LogP contribution is -2.41. The van der Waals surface area contributed by atoms with E-state index >= 15 is 0 Å². The van der Waals surface area contributed by atoms with E-state index in [-0.39, 0.29) is 22.0 Å². The van der Waals surface area contributed by atoms with E-state index in [1.54, 1.807) is 24.3 Å². The SMILES string of the molecule is CC(C)(C)c1ccc(S(=O)(=O)Nc2ccc3[nH]c(C(=O)NCCN4CCOCC4)c(-c4ccccc4)c3n2)cc1. The Morgan fingerprint density at radius 1 is 1.00 bits per heavy atom. The Hall–Kier alpha value is -3.73. The number of nitrogens with zero attached hydrogens (tertiary/aromatic N) is 2. The van der Waals surface area contributed by atoms with Gasteiger partial charge in [-0.2, -0.15) is 0 Å². The highest BCUT2D eigenvalue weighted by atomic mass is 32.2. The predicted molar refractivity (Wildman–Crippen MR) is 157 cm³/mol. The van der Waals surface area contributed by atoms with Crippen LogP contribution in [0.4, 0.5) is 5.82 Å². The Bertz CT molecular complexity index is 1590. The van der Waals surface area contributed by atoms with E-state index in [0.29, 0.717) is 42.0 Å². The first kappa shape index (κ1) is 27.8. The summed E-state index contributed by atoms with van der Waals surface area (Å²) in [5.74, 6) is -0.0750. The van der Waals surface area contributed by atoms with Crippen LogP contribution in [0.15, 0.2) is 71.6 Å². The highest BCUT2D eigenvalue weighted by molar-refractivity contribution is 7.92. The van der Waals surface area contributed by atoms with E-state index in [0.717, 1.165) is 30.8 Å². The Kier molecular flexibility index (Phi) is 7.93. The predicted octanol–water partition coefficient (Wildman–Crippen LogP) is 4.39. The van der Waals surface area contributed by atoms with Crippen LogP contribution >= 0.6 is 0 Å². The molecule has 210 valence electrons. The number of pyridine rings is 1. The van der Waals surface area contributed by atoms with Gasteiger partial charge in [-0.25, -0.2) is 13.4 Å². The summed E-state index contributed by atoms with van der Waals surface area (Å²) < 4.78 is 34.4. The maximum absolute atomic E-state index is 13.3. The third-order valence-electron chi connectivity index (χ3n) is 7.02. The molecule has 0 atom stereocenters. The molecule has 5 rings (SSSR count). The molecule has 0 spiro atoms. The zero-order valence-corrected chi connectivity index (χ0v) is 23.8. The van der Waals surface area contributed by atoms with Gasteiger partial charge in [0, 0.05) is 31.7 Å². The van der Waals surface area contributed by atoms with Crippen LogP contribution in [0.2, 0.25) is 0 Å². The van der Waals surface area contributed by atoms with Crippen molar-refractivity contribution in [3.05, 3.63) is 78.0 Å². The Balaban J connectivity index is 1.43. The van der Waals surface area contributed by atoms with Gasteiger partial charge < -0.3 is 15.0 Å². The number of amides is 1. The van der Waals surface area contributed by atoms with Crippen molar-refractivity contribution < 1.29 is 17.9 Å². The van der Waals surface area contributed by atoms with Crippen LogP contribution in [0.1, 0.15) is 36.8 Å². The van der Waals surface area contributed by atoms with Crippen LogP contribution in [0.25, 0.3) is 22.2 Å². The summed E-state index contributed by atoms with van der Waals surface area (Å²) >= 11 is 0. The van der Waals surface area contributed by atoms with Crippen LogP contribution < -0.4 is 10.0 Å². The minimum absolute atomic E-state index is 0.0864. The highest BCUT2D eigenvalue weighted by Crippen LogP contribution is 2.33. The molecule has 2 aromatic carbocycles. The lowest BCUT2D eigenvalue weighted by molar-refractivity contribution is 0.0383. The van der Waals surface area contributed by atoms with Crippen molar-refractivity contribution in [1.82, 2.24) is 20.2 Å². The fourth-order valence-corrected chi connectivity index (χ4v) is 5.75. The number of sulfonamides is 1. The van der Waals surface area contributed by atoms with Crippen molar-refractivity contribution in [2.24, 2.45) is 0 Å². The van der Waals surface area contributed by atoms with Gasteiger partial charge in [0.05, 0.1) is 29.1 Å². The van der Waals surface area contributed by atoms with Crippen LogP contribution in [0.5, 0.6) is 0 Å². The Morgan fingerprint density at radius 3 is 2.38 bits per heavy atom. The van der Waals surface area contributed by atoms with E-state index in [1.807, 2.05) is 42.5 Å². The number of H-pyrrole nitrogens is 1. The molecule has 2 aromatic heterocycles. The number of benzene rings is 2. The summed E-state index contributed by atoms with van der Waals surface area (Å²) in [5, 5.41) is 3.01. The fourth-order valence-electron chi connectivity index (χ4n) is 4.75. The molecule has 10 heteroatoms. The van der Waals surface area contributed by atoms with Crippen LogP contribution in [-0.2, 0) is 20.2 Å². The summed E-state index contributed by atoms with van der Waals surface area (Å²) in [4.78, 5) is 23.6. The van der Waals surface area contributed by atoms with E-state index < -0.39 is 10.0 Å². The van der Waals surface area contributed by atoms with Crippen LogP contribution in [0, 0.1) is 0 Å². The minimum Gasteiger partial charge on any atom is -0.379 e. The molecule has 0 radical (unpaired) electrons. The summed E-state index contributed by atoms with van der Waals surface area (Å²) in [6.07, 6.45) is 0. The molecule has 1 aliphatic rings. The largest absolute Gasteiger partial charge is 0.379 e. The summed E-state index contributed by atoms with van der Waals surface area (Å²) in [6.45, 7) is 10.6. The molecule has 0 saturated carbocycles. The van der Waals surface area contributed by atoms with Crippen molar-refractivity contribution in [3.8, 4) is 11.1 Å². The zero-order chi connectivity index (χ0) is 28.3. The number of nitrogens with one attached hydrogen (secondary N) is 3. The first-order chi connectivity index (χ1) is 19.1. The second-order valence-corrected chi connectivity index (χ2v) is 12.6. The molecular formula is C30H35N5O4S. The van der Waals surface area contributed by atoms with Crippen molar-refractivity contribution in [2.45, 2.75) is 31.1 Å². The lowest BCUT2D eigenvalue weighted by Gasteiger charge is -2.26. The van der Waals surface area contributed by atoms with Gasteiger partial charge in [-0.15, -0.1) is 0 Å². The standard InChI is InChI=1S/C30H35N5O4S/c1-30(2,3)22-9-11-23(12-10-22)40(37,38)34-25-14-13-24-27(33-25)26(21-7-5-4-6-8-21)28(32-24)29(36)31-15-16-35-17-19-39-20-18-35/h4-14,32H,15-20H2,1-3H3,(H,31,36)(H,33,34). The monoisotopic (exact) mass is 561 g/mol. The first-order valence-electron chi connectivity index (χ1n) is 13.4. The van der Waals surface area contributed by atoms with Gasteiger partial charge >= 0.3 is 0 Å². The highest BCUT2D eigenvalue weighted by Gasteiger charge is 2.23. The van der Waals surface area contributed by atoms with Gasteiger partial charge in [0.1, 0.15) is 11.5 Å². The zero-order valence-electron chi connectivity index (χ0n) is 23.0. The number of carbonyl (C=O) groups is 1. The molecule has 1 amide bonds. The number of hydrogen-bond donors (Lipinski definition) is 3. The number of carbonyl (C=O) groups excluding carboxylic acids is 1. The van der Waals surface area contributed by atoms with E-state index in [1.165, 1.54) is 0 Å². The second kappa shape index (κ2) is 11.4. The first-order valence-corrected chi connectivity index (χ1v) is 14.9. The molecular weight excluding hydrogens is 526 g/mol. The van der Waals surface area contributed by atoms with Gasteiger partial charge in [0.15, 0.2) is 0 Å². The number of fused-ring (bicyclic) bond motifs is 1. The molecule has 0 unspecified atom stereocenters. The van der Waals surface area contributed by atoms with Crippen LogP contribution in [-0.4, -0.2) is 68.6 Å². The molecule has 3 heterocycles. The van der Waals surface area contributed by atoms with Gasteiger partial charge in [-0.3, -0.25) is 14.4 Å². The minimum atomic E-state index is -3.87. The number of rotatable bonds is 8. The van der Waals surface area contributed by atoms with E-state index in [2.05, 4.69) is 45.7 Å². The number of aromatic nitrogens is 2. The number of ether oxygens (including phenoxy) is 1. The van der Waals surface area contributed by atoms with Gasteiger partial charge in [0.2, 0.25) is 0 Å². The molecule has 9 nitrogen and oxygen atoms in total. The molecule has 1 aliphatic heterocycles. The Morgan fingerprint density at radius 2 is 1.70 bits per heavy atom. The van der Waals surface area contributed by atoms with Gasteiger partial charge in [-0.1, -0.05) is 63.2 Å². The molecule has 3 N–H and O–H groups in total. The van der Waals surface area contributed by atoms with Gasteiger partial charge in [0.25, 0.3) is 15.9 Å². The fraction of sp³-hybridized carbons (Fsp3) is 0.333. The number of aromatic amines is 1. The molecule has 0 aliphatic carbocycles. The average Bonchev–Trinajstić information content (AvgIpc) is 3.32. The smallest absolute Gasteiger partial charge is 0.268 e. The number of morpholine rings is 1. The third-order valence-corrected chi connectivity index (χ3v) is 8.39. The molecule has 1 saturated heterocycles. The normalized spacial score (nSPS) is 14.8. The lowest BCUT2D eigenvalue weighted by atomic mass is 9.87. The third kappa shape index (κ3) is 6.19.